The molecule has 0 aromatic heterocycles. The van der Waals surface area contributed by atoms with Gasteiger partial charge in [-0.15, -0.1) is 0 Å². The number of nitrogens with zero attached hydrogens (tertiary/aromatic N) is 1. The molecule has 0 heterocycles. The molecule has 0 saturated carbocycles. The molecule has 0 radical (unpaired) electrons. The molecular formula is C24H25N3O4. The van der Waals surface area contributed by atoms with Gasteiger partial charge in [0.2, 0.25) is 0 Å². The van der Waals surface area contributed by atoms with Crippen LogP contribution in [0.4, 0.5) is 4.79 Å². The van der Waals surface area contributed by atoms with E-state index in [1.54, 1.807) is 0 Å². The van der Waals surface area contributed by atoms with Gasteiger partial charge in [0.15, 0.2) is 0 Å². The van der Waals surface area contributed by atoms with E-state index >= 15 is 0 Å². The van der Waals surface area contributed by atoms with Gasteiger partial charge in [-0.05, 0) is 47.5 Å². The van der Waals surface area contributed by atoms with Crippen molar-refractivity contribution in [2.45, 2.75) is 13.0 Å². The lowest BCUT2D eigenvalue weighted by Gasteiger charge is -2.10. The molecule has 2 amide bonds. The van der Waals surface area contributed by atoms with E-state index in [2.05, 4.69) is 10.5 Å². The van der Waals surface area contributed by atoms with E-state index in [1.165, 1.54) is 6.21 Å². The highest BCUT2D eigenvalue weighted by atomic mass is 16.5. The Labute approximate surface area is 181 Å². The molecule has 0 bridgehead atoms. The monoisotopic (exact) mass is 419 g/mol. The third-order valence-corrected chi connectivity index (χ3v) is 4.14. The lowest BCUT2D eigenvalue weighted by Crippen LogP contribution is -2.24. The molecular weight excluding hydrogens is 394 g/mol. The van der Waals surface area contributed by atoms with Crippen LogP contribution in [-0.4, -0.2) is 25.5 Å². The van der Waals surface area contributed by atoms with Crippen LogP contribution in [0.1, 0.15) is 17.5 Å². The Morgan fingerprint density at radius 1 is 0.839 bits per heavy atom. The number of carbonyl (C=O) groups is 1. The lowest BCUT2D eigenvalue weighted by atomic mass is 10.2. The number of urea groups is 1. The number of nitrogens with two attached hydrogens (primary N) is 1. The Morgan fingerprint density at radius 3 is 2.23 bits per heavy atom. The molecule has 3 N–H and O–H groups in total. The van der Waals surface area contributed by atoms with E-state index in [0.717, 1.165) is 29.0 Å². The fraction of sp³-hybridized carbons (Fsp3) is 0.167. The van der Waals surface area contributed by atoms with Gasteiger partial charge in [0.1, 0.15) is 23.9 Å². The van der Waals surface area contributed by atoms with Crippen molar-refractivity contribution in [3.05, 3.63) is 90.0 Å². The molecule has 7 nitrogen and oxygen atoms in total. The zero-order valence-electron chi connectivity index (χ0n) is 17.1. The van der Waals surface area contributed by atoms with Crippen molar-refractivity contribution in [3.63, 3.8) is 0 Å². The quantitative estimate of drug-likeness (QED) is 0.278. The largest absolute Gasteiger partial charge is 0.493 e. The second-order valence-electron chi connectivity index (χ2n) is 6.60. The summed E-state index contributed by atoms with van der Waals surface area (Å²) in [4.78, 5) is 10.6. The molecule has 0 unspecified atom stereocenters. The maximum atomic E-state index is 10.6. The van der Waals surface area contributed by atoms with Crippen LogP contribution in [-0.2, 0) is 6.61 Å². The van der Waals surface area contributed by atoms with Gasteiger partial charge in [0, 0.05) is 6.42 Å². The maximum Gasteiger partial charge on any atom is 0.332 e. The number of nitrogens with one attached hydrogen (secondary N) is 1. The molecule has 0 aliphatic carbocycles. The number of primary amides is 1. The van der Waals surface area contributed by atoms with Crippen LogP contribution in [0.15, 0.2) is 84.0 Å². The number of benzene rings is 3. The highest BCUT2D eigenvalue weighted by Crippen LogP contribution is 2.19. The summed E-state index contributed by atoms with van der Waals surface area (Å²) in [6.45, 7) is 1.58. The van der Waals surface area contributed by atoms with Gasteiger partial charge in [-0.25, -0.2) is 10.2 Å². The van der Waals surface area contributed by atoms with Crippen LogP contribution < -0.4 is 25.4 Å². The minimum absolute atomic E-state index is 0.512. The second-order valence-corrected chi connectivity index (χ2v) is 6.60. The Bertz CT molecular complexity index is 976. The average molecular weight is 419 g/mol. The van der Waals surface area contributed by atoms with Crippen molar-refractivity contribution >= 4 is 12.2 Å². The lowest BCUT2D eigenvalue weighted by molar-refractivity contribution is 0.247. The summed E-state index contributed by atoms with van der Waals surface area (Å²) >= 11 is 0. The molecule has 7 heteroatoms. The first-order valence-electron chi connectivity index (χ1n) is 9.90. The van der Waals surface area contributed by atoms with Crippen molar-refractivity contribution in [1.82, 2.24) is 5.43 Å². The predicted molar refractivity (Wildman–Crippen MR) is 120 cm³/mol. The summed E-state index contributed by atoms with van der Waals surface area (Å²) in [7, 11) is 0. The Morgan fingerprint density at radius 2 is 1.52 bits per heavy atom. The maximum absolute atomic E-state index is 10.6. The van der Waals surface area contributed by atoms with Crippen LogP contribution >= 0.6 is 0 Å². The van der Waals surface area contributed by atoms with Crippen LogP contribution in [0, 0.1) is 0 Å². The average Bonchev–Trinajstić information content (AvgIpc) is 2.79. The highest BCUT2D eigenvalue weighted by Gasteiger charge is 2.00. The molecule has 3 aromatic rings. The number of rotatable bonds is 11. The van der Waals surface area contributed by atoms with Crippen molar-refractivity contribution < 1.29 is 19.0 Å². The number of hydrazone groups is 1. The normalized spacial score (nSPS) is 10.6. The molecule has 0 aliphatic rings. The standard InChI is InChI=1S/C24H25N3O4/c25-24(28)27-26-17-20-8-4-9-23(16-20)30-15-5-14-29-21-10-12-22(13-11-21)31-18-19-6-2-1-3-7-19/h1-4,6-13,16-17H,5,14-15,18H2,(H3,25,27,28). The molecule has 3 rings (SSSR count). The van der Waals surface area contributed by atoms with E-state index in [-0.39, 0.29) is 0 Å². The summed E-state index contributed by atoms with van der Waals surface area (Å²) in [6.07, 6.45) is 2.22. The van der Waals surface area contributed by atoms with E-state index < -0.39 is 6.03 Å². The van der Waals surface area contributed by atoms with Crippen molar-refractivity contribution in [1.29, 1.82) is 0 Å². The summed E-state index contributed by atoms with van der Waals surface area (Å²) in [6, 6.07) is 24.3. The van der Waals surface area contributed by atoms with Crippen molar-refractivity contribution in [2.24, 2.45) is 10.8 Å². The summed E-state index contributed by atoms with van der Waals surface area (Å²) in [5.41, 5.74) is 9.03. The van der Waals surface area contributed by atoms with Gasteiger partial charge < -0.3 is 19.9 Å². The molecule has 0 atom stereocenters. The number of ether oxygens (including phenoxy) is 3. The van der Waals surface area contributed by atoms with Gasteiger partial charge in [0.25, 0.3) is 0 Å². The third kappa shape index (κ3) is 8.10. The summed E-state index contributed by atoms with van der Waals surface area (Å²) in [5.74, 6) is 2.30. The van der Waals surface area contributed by atoms with Gasteiger partial charge >= 0.3 is 6.03 Å². The number of hydrogen-bond acceptors (Lipinski definition) is 5. The summed E-state index contributed by atoms with van der Waals surface area (Å²) < 4.78 is 17.3. The minimum Gasteiger partial charge on any atom is -0.493 e. The van der Waals surface area contributed by atoms with Gasteiger partial charge in [-0.2, -0.15) is 5.10 Å². The van der Waals surface area contributed by atoms with Crippen molar-refractivity contribution in [2.75, 3.05) is 13.2 Å². The number of hydrogen-bond donors (Lipinski definition) is 2. The van der Waals surface area contributed by atoms with Crippen LogP contribution in [0.5, 0.6) is 17.2 Å². The first kappa shape index (κ1) is 21.7. The van der Waals surface area contributed by atoms with E-state index in [1.807, 2.05) is 78.9 Å². The van der Waals surface area contributed by atoms with Crippen LogP contribution in [0.2, 0.25) is 0 Å². The smallest absolute Gasteiger partial charge is 0.332 e. The van der Waals surface area contributed by atoms with Crippen LogP contribution in [0.3, 0.4) is 0 Å². The molecule has 0 saturated heterocycles. The van der Waals surface area contributed by atoms with Gasteiger partial charge in [-0.3, -0.25) is 0 Å². The molecule has 0 spiro atoms. The SMILES string of the molecule is NC(=O)NN=Cc1cccc(OCCCOc2ccc(OCc3ccccc3)cc2)c1. The second kappa shape index (κ2) is 11.9. The molecule has 0 aliphatic heterocycles. The topological polar surface area (TPSA) is 95.2 Å². The summed E-state index contributed by atoms with van der Waals surface area (Å²) in [5, 5.41) is 3.72. The third-order valence-electron chi connectivity index (χ3n) is 4.14. The predicted octanol–water partition coefficient (Wildman–Crippen LogP) is 4.12. The zero-order valence-corrected chi connectivity index (χ0v) is 17.1. The van der Waals surface area contributed by atoms with Gasteiger partial charge in [-0.1, -0.05) is 42.5 Å². The van der Waals surface area contributed by atoms with E-state index in [4.69, 9.17) is 19.9 Å². The Balaban J connectivity index is 1.34. The Kier molecular flexibility index (Phi) is 8.31. The van der Waals surface area contributed by atoms with E-state index in [0.29, 0.717) is 25.6 Å². The molecule has 31 heavy (non-hydrogen) atoms. The Hall–Kier alpha value is -4.00. The molecule has 3 aromatic carbocycles. The number of carbonyl (C=O) groups excluding carboxylic acids is 1. The van der Waals surface area contributed by atoms with Crippen molar-refractivity contribution in [3.8, 4) is 17.2 Å². The van der Waals surface area contributed by atoms with E-state index in [9.17, 15) is 4.79 Å². The fourth-order valence-corrected chi connectivity index (χ4v) is 2.67. The fourth-order valence-electron chi connectivity index (χ4n) is 2.67. The zero-order chi connectivity index (χ0) is 21.7. The molecule has 160 valence electrons. The van der Waals surface area contributed by atoms with Crippen LogP contribution in [0.25, 0.3) is 0 Å². The van der Waals surface area contributed by atoms with Gasteiger partial charge in [0.05, 0.1) is 19.4 Å². The highest BCUT2D eigenvalue weighted by molar-refractivity contribution is 5.81. The molecule has 0 fully saturated rings. The first-order valence-corrected chi connectivity index (χ1v) is 9.90. The first-order chi connectivity index (χ1) is 15.2. The minimum atomic E-state index is -0.710. The number of amides is 2.